The highest BCUT2D eigenvalue weighted by Gasteiger charge is 2.59. The van der Waals surface area contributed by atoms with E-state index in [0.717, 1.165) is 19.0 Å². The third-order valence-electron chi connectivity index (χ3n) is 6.30. The monoisotopic (exact) mass is 485 g/mol. The van der Waals surface area contributed by atoms with Crippen molar-refractivity contribution >= 4 is 39.8 Å². The zero-order valence-electron chi connectivity index (χ0n) is 15.7. The van der Waals surface area contributed by atoms with Crippen molar-refractivity contribution in [2.24, 2.45) is 10.4 Å². The number of ether oxygens (including phenoxy) is 1. The molecule has 25 heavy (non-hydrogen) atoms. The maximum absolute atomic E-state index is 12.2. The average Bonchev–Trinajstić information content (AvgIpc) is 2.43. The van der Waals surface area contributed by atoms with Gasteiger partial charge in [0.15, 0.2) is 15.8 Å². The van der Waals surface area contributed by atoms with E-state index in [0.29, 0.717) is 25.2 Å². The summed E-state index contributed by atoms with van der Waals surface area (Å²) < 4.78 is 29.6. The first-order valence-corrected chi connectivity index (χ1v) is 10.7. The molecule has 0 aromatic heterocycles. The zero-order chi connectivity index (χ0) is 17.6. The minimum absolute atomic E-state index is 0. The molecule has 0 aromatic carbocycles. The Morgan fingerprint density at radius 1 is 1.36 bits per heavy atom. The van der Waals surface area contributed by atoms with Crippen molar-refractivity contribution in [2.45, 2.75) is 63.3 Å². The molecule has 8 heteroatoms. The van der Waals surface area contributed by atoms with Gasteiger partial charge in [0.1, 0.15) is 0 Å². The molecule has 2 unspecified atom stereocenters. The van der Waals surface area contributed by atoms with E-state index in [4.69, 9.17) is 4.74 Å². The summed E-state index contributed by atoms with van der Waals surface area (Å²) in [5.41, 5.74) is 0.267. The molecule has 2 saturated carbocycles. The van der Waals surface area contributed by atoms with Gasteiger partial charge in [-0.2, -0.15) is 0 Å². The van der Waals surface area contributed by atoms with Crippen molar-refractivity contribution in [1.82, 2.24) is 10.2 Å². The predicted molar refractivity (Wildman–Crippen MR) is 111 cm³/mol. The van der Waals surface area contributed by atoms with Crippen LogP contribution in [0, 0.1) is 5.41 Å². The Hall–Kier alpha value is -0.0900. The van der Waals surface area contributed by atoms with Gasteiger partial charge in [-0.05, 0) is 40.0 Å². The lowest BCUT2D eigenvalue weighted by Gasteiger charge is -2.61. The maximum atomic E-state index is 12.2. The number of aliphatic imine (C=N–C) groups is 1. The summed E-state index contributed by atoms with van der Waals surface area (Å²) in [5, 5.41) is 3.62. The van der Waals surface area contributed by atoms with Crippen LogP contribution in [-0.4, -0.2) is 68.7 Å². The highest BCUT2D eigenvalue weighted by atomic mass is 127. The topological polar surface area (TPSA) is 71.0 Å². The predicted octanol–water partition coefficient (Wildman–Crippen LogP) is 2.04. The van der Waals surface area contributed by atoms with Crippen LogP contribution >= 0.6 is 24.0 Å². The molecule has 1 saturated heterocycles. The van der Waals surface area contributed by atoms with Gasteiger partial charge in [-0.15, -0.1) is 24.0 Å². The van der Waals surface area contributed by atoms with Crippen LogP contribution in [-0.2, 0) is 14.6 Å². The number of nitrogens with zero attached hydrogens (tertiary/aromatic N) is 2. The highest BCUT2D eigenvalue weighted by Crippen LogP contribution is 2.57. The number of hydrogen-bond acceptors (Lipinski definition) is 4. The summed E-state index contributed by atoms with van der Waals surface area (Å²) >= 11 is 0. The van der Waals surface area contributed by atoms with Crippen molar-refractivity contribution in [3.8, 4) is 0 Å². The molecule has 3 aliphatic rings. The summed E-state index contributed by atoms with van der Waals surface area (Å²) in [5.74, 6) is 1.03. The van der Waals surface area contributed by atoms with Gasteiger partial charge in [-0.25, -0.2) is 8.42 Å². The molecular weight excluding hydrogens is 453 g/mol. The molecule has 2 atom stereocenters. The minimum Gasteiger partial charge on any atom is -0.378 e. The molecule has 0 radical (unpaired) electrons. The third kappa shape index (κ3) is 3.54. The molecule has 146 valence electrons. The van der Waals surface area contributed by atoms with E-state index < -0.39 is 14.6 Å². The summed E-state index contributed by atoms with van der Waals surface area (Å²) in [4.78, 5) is 6.54. The van der Waals surface area contributed by atoms with Crippen LogP contribution in [0.5, 0.6) is 0 Å². The van der Waals surface area contributed by atoms with Gasteiger partial charge in [-0.1, -0.05) is 6.42 Å². The van der Waals surface area contributed by atoms with Crippen LogP contribution < -0.4 is 5.32 Å². The molecule has 0 aromatic rings. The largest absolute Gasteiger partial charge is 0.378 e. The first-order chi connectivity index (χ1) is 11.3. The van der Waals surface area contributed by atoms with E-state index in [1.807, 2.05) is 13.8 Å². The van der Waals surface area contributed by atoms with Crippen LogP contribution in [0.3, 0.4) is 0 Å². The molecule has 6 nitrogen and oxygen atoms in total. The van der Waals surface area contributed by atoms with Gasteiger partial charge in [-0.3, -0.25) is 4.99 Å². The fourth-order valence-electron chi connectivity index (χ4n) is 4.42. The van der Waals surface area contributed by atoms with Gasteiger partial charge in [0, 0.05) is 38.2 Å². The van der Waals surface area contributed by atoms with Crippen molar-refractivity contribution in [3.05, 3.63) is 0 Å². The molecule has 0 bridgehead atoms. The number of guanidine groups is 1. The lowest BCUT2D eigenvalue weighted by molar-refractivity contribution is -0.168. The van der Waals surface area contributed by atoms with Crippen LogP contribution in [0.4, 0.5) is 0 Å². The van der Waals surface area contributed by atoms with E-state index in [1.165, 1.54) is 19.3 Å². The maximum Gasteiger partial charge on any atom is 0.193 e. The van der Waals surface area contributed by atoms with Crippen LogP contribution in [0.2, 0.25) is 0 Å². The van der Waals surface area contributed by atoms with Crippen molar-refractivity contribution in [2.75, 3.05) is 32.5 Å². The number of hydrogen-bond donors (Lipinski definition) is 1. The quantitative estimate of drug-likeness (QED) is 0.377. The van der Waals surface area contributed by atoms with Gasteiger partial charge >= 0.3 is 0 Å². The van der Waals surface area contributed by atoms with E-state index in [1.54, 1.807) is 7.05 Å². The Morgan fingerprint density at radius 3 is 2.52 bits per heavy atom. The first kappa shape index (κ1) is 21.2. The van der Waals surface area contributed by atoms with Crippen molar-refractivity contribution < 1.29 is 13.2 Å². The second-order valence-electron chi connectivity index (χ2n) is 8.01. The van der Waals surface area contributed by atoms with E-state index in [2.05, 4.69) is 22.1 Å². The fourth-order valence-corrected chi connectivity index (χ4v) is 5.78. The Labute approximate surface area is 169 Å². The Bertz CT molecular complexity index is 617. The zero-order valence-corrected chi connectivity index (χ0v) is 18.9. The van der Waals surface area contributed by atoms with E-state index in [-0.39, 0.29) is 35.1 Å². The first-order valence-electron chi connectivity index (χ1n) is 9.08. The molecule has 2 aliphatic carbocycles. The van der Waals surface area contributed by atoms with Gasteiger partial charge in [0.25, 0.3) is 0 Å². The van der Waals surface area contributed by atoms with Gasteiger partial charge in [0.05, 0.1) is 16.6 Å². The highest BCUT2D eigenvalue weighted by molar-refractivity contribution is 14.0. The molecule has 1 spiro atoms. The van der Waals surface area contributed by atoms with Crippen LogP contribution in [0.15, 0.2) is 4.99 Å². The van der Waals surface area contributed by atoms with Crippen LogP contribution in [0.25, 0.3) is 0 Å². The Morgan fingerprint density at radius 2 is 2.04 bits per heavy atom. The number of nitrogens with one attached hydrogen (secondary N) is 1. The van der Waals surface area contributed by atoms with Crippen molar-refractivity contribution in [3.63, 3.8) is 0 Å². The molecule has 1 aliphatic heterocycles. The summed E-state index contributed by atoms with van der Waals surface area (Å²) in [6.45, 7) is 7.45. The van der Waals surface area contributed by atoms with E-state index >= 15 is 0 Å². The lowest BCUT2D eigenvalue weighted by Crippen LogP contribution is -2.69. The van der Waals surface area contributed by atoms with Crippen molar-refractivity contribution in [1.29, 1.82) is 0 Å². The lowest BCUT2D eigenvalue weighted by atomic mass is 9.51. The number of rotatable bonds is 3. The number of sulfone groups is 1. The standard InChI is InChI=1S/C17H31N3O3S.HI/c1-5-23-14-11-13(17(14)7-6-8-17)19-15(18-4)20-9-10-24(21,22)16(2,3)12-20;/h13-14H,5-12H2,1-4H3,(H,18,19);1H. The average molecular weight is 485 g/mol. The third-order valence-corrected chi connectivity index (χ3v) is 8.83. The second kappa shape index (κ2) is 7.50. The summed E-state index contributed by atoms with van der Waals surface area (Å²) in [6, 6.07) is 0.392. The fraction of sp³-hybridized carbons (Fsp3) is 0.941. The smallest absolute Gasteiger partial charge is 0.193 e. The van der Waals surface area contributed by atoms with Crippen LogP contribution in [0.1, 0.15) is 46.5 Å². The summed E-state index contributed by atoms with van der Waals surface area (Å²) in [6.07, 6.45) is 5.08. The second-order valence-corrected chi connectivity index (χ2v) is 10.8. The molecular formula is C17H32IN3O3S. The van der Waals surface area contributed by atoms with E-state index in [9.17, 15) is 8.42 Å². The minimum atomic E-state index is -3.03. The Kier molecular flexibility index (Phi) is 6.36. The molecule has 1 N–H and O–H groups in total. The Balaban J connectivity index is 0.00000225. The molecule has 3 rings (SSSR count). The normalized spacial score (nSPS) is 32.3. The number of halogens is 1. The summed E-state index contributed by atoms with van der Waals surface area (Å²) in [7, 11) is -1.25. The van der Waals surface area contributed by atoms with Gasteiger partial charge in [0.2, 0.25) is 0 Å². The van der Waals surface area contributed by atoms with Gasteiger partial charge < -0.3 is 15.0 Å². The molecule has 3 fully saturated rings. The molecule has 0 amide bonds. The SMILES string of the molecule is CCOC1CC(NC(=NC)N2CCS(=O)(=O)C(C)(C)C2)C12CCC2.I. The molecule has 1 heterocycles.